The lowest BCUT2D eigenvalue weighted by atomic mass is 10.0. The van der Waals surface area contributed by atoms with Gasteiger partial charge in [0.05, 0.1) is 17.2 Å². The average Bonchev–Trinajstić information content (AvgIpc) is 3.26. The van der Waals surface area contributed by atoms with E-state index in [-0.39, 0.29) is 6.04 Å². The van der Waals surface area contributed by atoms with Gasteiger partial charge in [0, 0.05) is 0 Å². The van der Waals surface area contributed by atoms with E-state index in [4.69, 9.17) is 4.74 Å². The number of rotatable bonds is 4. The number of aromatic nitrogens is 4. The lowest BCUT2D eigenvalue weighted by Gasteiger charge is -2.23. The summed E-state index contributed by atoms with van der Waals surface area (Å²) in [7, 11) is 0. The Morgan fingerprint density at radius 1 is 1.26 bits per heavy atom. The van der Waals surface area contributed by atoms with Crippen LogP contribution in [0.25, 0.3) is 5.70 Å². The monoisotopic (exact) mass is 325 g/mol. The molecule has 0 saturated carbocycles. The zero-order chi connectivity index (χ0) is 15.6. The van der Waals surface area contributed by atoms with Crippen molar-refractivity contribution in [3.05, 3.63) is 58.3 Å². The van der Waals surface area contributed by atoms with Crippen molar-refractivity contribution < 1.29 is 4.74 Å². The highest BCUT2D eigenvalue weighted by molar-refractivity contribution is 7.11. The van der Waals surface area contributed by atoms with Gasteiger partial charge in [-0.25, -0.2) is 0 Å². The third-order valence-electron chi connectivity index (χ3n) is 3.65. The average molecular weight is 325 g/mol. The molecule has 1 aliphatic rings. The molecule has 0 bridgehead atoms. The Kier molecular flexibility index (Phi) is 3.55. The van der Waals surface area contributed by atoms with Crippen molar-refractivity contribution in [3.63, 3.8) is 0 Å². The molecular weight excluding hydrogens is 310 g/mol. The van der Waals surface area contributed by atoms with Crippen LogP contribution in [0.4, 0.5) is 5.95 Å². The summed E-state index contributed by atoms with van der Waals surface area (Å²) in [6, 6.07) is 12.1. The van der Waals surface area contributed by atoms with Gasteiger partial charge in [0.1, 0.15) is 11.8 Å². The minimum absolute atomic E-state index is 0.0472. The van der Waals surface area contributed by atoms with Gasteiger partial charge in [-0.2, -0.15) is 4.68 Å². The Bertz CT molecular complexity index is 823. The summed E-state index contributed by atoms with van der Waals surface area (Å²) in [5.41, 5.74) is 2.14. The predicted molar refractivity (Wildman–Crippen MR) is 89.5 cm³/mol. The Labute approximate surface area is 137 Å². The number of tetrazole rings is 1. The van der Waals surface area contributed by atoms with E-state index >= 15 is 0 Å². The molecule has 6 nitrogen and oxygen atoms in total. The fourth-order valence-electron chi connectivity index (χ4n) is 2.59. The van der Waals surface area contributed by atoms with Gasteiger partial charge < -0.3 is 10.1 Å². The van der Waals surface area contributed by atoms with E-state index in [2.05, 4.69) is 50.5 Å². The topological polar surface area (TPSA) is 64.9 Å². The molecule has 23 heavy (non-hydrogen) atoms. The van der Waals surface area contributed by atoms with Crippen LogP contribution in [0.1, 0.15) is 23.4 Å². The van der Waals surface area contributed by atoms with Crippen molar-refractivity contribution in [2.75, 3.05) is 11.9 Å². The molecular formula is C16H15N5OS. The first kappa shape index (κ1) is 14.0. The lowest BCUT2D eigenvalue weighted by molar-refractivity contribution is 0.340. The van der Waals surface area contributed by atoms with Gasteiger partial charge in [0.2, 0.25) is 5.95 Å². The first-order chi connectivity index (χ1) is 11.3. The summed E-state index contributed by atoms with van der Waals surface area (Å²) in [5, 5.41) is 17.3. The van der Waals surface area contributed by atoms with E-state index in [0.717, 1.165) is 21.9 Å². The van der Waals surface area contributed by atoms with E-state index < -0.39 is 0 Å². The Balaban J connectivity index is 1.73. The number of ether oxygens (including phenoxy) is 1. The molecule has 3 aromatic rings. The molecule has 7 heteroatoms. The molecule has 0 aliphatic carbocycles. The third kappa shape index (κ3) is 2.59. The number of hydrogen-bond donors (Lipinski definition) is 1. The van der Waals surface area contributed by atoms with Crippen molar-refractivity contribution in [1.82, 2.24) is 20.2 Å². The minimum Gasteiger partial charge on any atom is -0.494 e. The highest BCUT2D eigenvalue weighted by atomic mass is 32.1. The van der Waals surface area contributed by atoms with Crippen molar-refractivity contribution in [2.45, 2.75) is 13.0 Å². The Morgan fingerprint density at radius 3 is 2.87 bits per heavy atom. The SMILES string of the molecule is CCOc1ccc([C@@H]2C=C(c3cccs3)Nc3nnnn32)cc1. The maximum absolute atomic E-state index is 5.51. The standard InChI is InChI=1S/C16H15N5OS/c1-2-22-12-7-5-11(6-8-12)14-10-13(15-4-3-9-23-15)17-16-18-19-20-21(14)16/h3-10,14H,2H2,1H3,(H,17,18,20)/t14-/m0/s1. The number of anilines is 1. The first-order valence-corrected chi connectivity index (χ1v) is 8.26. The summed E-state index contributed by atoms with van der Waals surface area (Å²) in [4.78, 5) is 1.16. The largest absolute Gasteiger partial charge is 0.494 e. The highest BCUT2D eigenvalue weighted by Gasteiger charge is 2.24. The molecule has 0 unspecified atom stereocenters. The van der Waals surface area contributed by atoms with Gasteiger partial charge in [-0.15, -0.1) is 11.3 Å². The first-order valence-electron chi connectivity index (χ1n) is 7.38. The second-order valence-corrected chi connectivity index (χ2v) is 6.02. The quantitative estimate of drug-likeness (QED) is 0.798. The molecule has 0 saturated heterocycles. The second-order valence-electron chi connectivity index (χ2n) is 5.08. The van der Waals surface area contributed by atoms with Gasteiger partial charge >= 0.3 is 0 Å². The molecule has 4 rings (SSSR count). The van der Waals surface area contributed by atoms with Crippen molar-refractivity contribution >= 4 is 23.0 Å². The van der Waals surface area contributed by atoms with Crippen LogP contribution in [0.5, 0.6) is 5.75 Å². The summed E-state index contributed by atoms with van der Waals surface area (Å²) >= 11 is 1.68. The molecule has 0 fully saturated rings. The molecule has 1 atom stereocenters. The van der Waals surface area contributed by atoms with Crippen LogP contribution < -0.4 is 10.1 Å². The summed E-state index contributed by atoms with van der Waals surface area (Å²) in [6.45, 7) is 2.64. The van der Waals surface area contributed by atoms with E-state index in [1.807, 2.05) is 25.1 Å². The van der Waals surface area contributed by atoms with Crippen LogP contribution in [0.15, 0.2) is 47.9 Å². The molecule has 3 heterocycles. The Morgan fingerprint density at radius 2 is 2.13 bits per heavy atom. The predicted octanol–water partition coefficient (Wildman–Crippen LogP) is 3.19. The smallest absolute Gasteiger partial charge is 0.248 e. The fourth-order valence-corrected chi connectivity index (χ4v) is 3.30. The zero-order valence-corrected chi connectivity index (χ0v) is 13.3. The van der Waals surface area contributed by atoms with Crippen molar-refractivity contribution in [3.8, 4) is 5.75 Å². The van der Waals surface area contributed by atoms with E-state index in [9.17, 15) is 0 Å². The molecule has 0 radical (unpaired) electrons. The molecule has 1 aromatic carbocycles. The van der Waals surface area contributed by atoms with E-state index in [0.29, 0.717) is 12.6 Å². The lowest BCUT2D eigenvalue weighted by Crippen LogP contribution is -2.19. The van der Waals surface area contributed by atoms with Crippen molar-refractivity contribution in [2.24, 2.45) is 0 Å². The van der Waals surface area contributed by atoms with Gasteiger partial charge in [-0.1, -0.05) is 23.3 Å². The van der Waals surface area contributed by atoms with Crippen LogP contribution in [0.2, 0.25) is 0 Å². The number of nitrogens with zero attached hydrogens (tertiary/aromatic N) is 4. The number of nitrogens with one attached hydrogen (secondary N) is 1. The van der Waals surface area contributed by atoms with Gasteiger partial charge in [-0.05, 0) is 52.6 Å². The fraction of sp³-hybridized carbons (Fsp3) is 0.188. The van der Waals surface area contributed by atoms with E-state index in [1.165, 1.54) is 0 Å². The minimum atomic E-state index is -0.0472. The molecule has 2 aromatic heterocycles. The number of fused-ring (bicyclic) bond motifs is 1. The third-order valence-corrected chi connectivity index (χ3v) is 4.55. The molecule has 116 valence electrons. The summed E-state index contributed by atoms with van der Waals surface area (Å²) < 4.78 is 7.29. The second kappa shape index (κ2) is 5.85. The van der Waals surface area contributed by atoms with Crippen LogP contribution in [-0.4, -0.2) is 26.8 Å². The molecule has 0 spiro atoms. The zero-order valence-electron chi connectivity index (χ0n) is 12.5. The highest BCUT2D eigenvalue weighted by Crippen LogP contribution is 2.33. The summed E-state index contributed by atoms with van der Waals surface area (Å²) in [5.74, 6) is 1.51. The maximum atomic E-state index is 5.51. The Hall–Kier alpha value is -2.67. The summed E-state index contributed by atoms with van der Waals surface area (Å²) in [6.07, 6.45) is 2.14. The molecule has 0 amide bonds. The number of allylic oxidation sites excluding steroid dienone is 1. The van der Waals surface area contributed by atoms with Crippen LogP contribution in [0, 0.1) is 0 Å². The van der Waals surface area contributed by atoms with Crippen LogP contribution in [-0.2, 0) is 0 Å². The molecule has 1 aliphatic heterocycles. The maximum Gasteiger partial charge on any atom is 0.248 e. The van der Waals surface area contributed by atoms with Crippen LogP contribution >= 0.6 is 11.3 Å². The van der Waals surface area contributed by atoms with E-state index in [1.54, 1.807) is 16.0 Å². The van der Waals surface area contributed by atoms with Crippen LogP contribution in [0.3, 0.4) is 0 Å². The normalized spacial score (nSPS) is 16.4. The van der Waals surface area contributed by atoms with Crippen molar-refractivity contribution in [1.29, 1.82) is 0 Å². The van der Waals surface area contributed by atoms with Gasteiger partial charge in [0.15, 0.2) is 0 Å². The molecule has 1 N–H and O–H groups in total. The number of benzene rings is 1. The number of hydrogen-bond acceptors (Lipinski definition) is 6. The number of thiophene rings is 1. The van der Waals surface area contributed by atoms with Gasteiger partial charge in [0.25, 0.3) is 0 Å². The van der Waals surface area contributed by atoms with Gasteiger partial charge in [-0.3, -0.25) is 0 Å².